The smallest absolute Gasteiger partial charge is 0.306 e. The molecular formula is C57H106O14. The number of aliphatic hydroxyl groups excluding tert-OH is 7. The van der Waals surface area contributed by atoms with E-state index in [1.165, 1.54) is 154 Å². The van der Waals surface area contributed by atoms with Crippen LogP contribution in [-0.4, -0.2) is 142 Å². The second-order valence-corrected chi connectivity index (χ2v) is 20.5. The van der Waals surface area contributed by atoms with Crippen LogP contribution in [0.2, 0.25) is 0 Å². The quantitative estimate of drug-likeness (QED) is 0.0172. The fourth-order valence-corrected chi connectivity index (χ4v) is 9.26. The monoisotopic (exact) mass is 1010 g/mol. The van der Waals surface area contributed by atoms with Gasteiger partial charge in [-0.05, 0) is 44.9 Å². The summed E-state index contributed by atoms with van der Waals surface area (Å²) >= 11 is 0. The van der Waals surface area contributed by atoms with Crippen molar-refractivity contribution in [3.8, 4) is 0 Å². The second-order valence-electron chi connectivity index (χ2n) is 20.5. The Balaban J connectivity index is 1.72. The van der Waals surface area contributed by atoms with E-state index >= 15 is 0 Å². The van der Waals surface area contributed by atoms with Gasteiger partial charge in [-0.25, -0.2) is 0 Å². The van der Waals surface area contributed by atoms with Crippen molar-refractivity contribution in [1.29, 1.82) is 0 Å². The SMILES string of the molecule is CCCCCC/C=C\C/C=C\CCCCCCCCCCOCC(COC1OC(COC2OC(CO)C(O)C(O)C2O)C(O)C(O)C1O)OC(=O)CCCCCCCCCCCCCCCCCCCC. The van der Waals surface area contributed by atoms with E-state index in [4.69, 9.17) is 28.4 Å². The molecule has 2 aliphatic heterocycles. The first kappa shape index (κ1) is 65.6. The van der Waals surface area contributed by atoms with Crippen molar-refractivity contribution < 1.29 is 69.0 Å². The Morgan fingerprint density at radius 1 is 0.465 bits per heavy atom. The third-order valence-electron chi connectivity index (χ3n) is 14.0. The predicted molar refractivity (Wildman–Crippen MR) is 280 cm³/mol. The number of ether oxygens (including phenoxy) is 6. The van der Waals surface area contributed by atoms with Crippen molar-refractivity contribution >= 4 is 5.97 Å². The molecule has 0 aromatic rings. The van der Waals surface area contributed by atoms with E-state index in [0.29, 0.717) is 13.0 Å². The van der Waals surface area contributed by atoms with Gasteiger partial charge in [0.15, 0.2) is 12.6 Å². The summed E-state index contributed by atoms with van der Waals surface area (Å²) in [6.07, 6.45) is 33.7. The number of unbranched alkanes of at least 4 members (excludes halogenated alkanes) is 29. The van der Waals surface area contributed by atoms with E-state index in [1.54, 1.807) is 0 Å². The van der Waals surface area contributed by atoms with Crippen molar-refractivity contribution in [2.24, 2.45) is 0 Å². The first-order valence-electron chi connectivity index (χ1n) is 28.9. The number of carbonyl (C=O) groups is 1. The lowest BCUT2D eigenvalue weighted by atomic mass is 9.98. The molecular weight excluding hydrogens is 909 g/mol. The second kappa shape index (κ2) is 44.7. The average Bonchev–Trinajstić information content (AvgIpc) is 3.37. The third kappa shape index (κ3) is 31.8. The molecule has 2 heterocycles. The zero-order valence-corrected chi connectivity index (χ0v) is 44.7. The first-order chi connectivity index (χ1) is 34.6. The van der Waals surface area contributed by atoms with Crippen LogP contribution in [0.1, 0.15) is 232 Å². The number of esters is 1. The van der Waals surface area contributed by atoms with E-state index in [-0.39, 0.29) is 25.6 Å². The molecule has 0 radical (unpaired) electrons. The van der Waals surface area contributed by atoms with Crippen LogP contribution in [0.25, 0.3) is 0 Å². The molecule has 2 rings (SSSR count). The molecule has 0 aliphatic carbocycles. The molecule has 71 heavy (non-hydrogen) atoms. The van der Waals surface area contributed by atoms with Crippen LogP contribution >= 0.6 is 0 Å². The van der Waals surface area contributed by atoms with Crippen molar-refractivity contribution in [3.05, 3.63) is 24.3 Å². The summed E-state index contributed by atoms with van der Waals surface area (Å²) in [4.78, 5) is 13.1. The highest BCUT2D eigenvalue weighted by Gasteiger charge is 2.47. The Hall–Kier alpha value is -1.53. The highest BCUT2D eigenvalue weighted by molar-refractivity contribution is 5.69. The molecule has 418 valence electrons. The molecule has 7 N–H and O–H groups in total. The minimum absolute atomic E-state index is 0.0618. The van der Waals surface area contributed by atoms with Crippen LogP contribution in [0.15, 0.2) is 24.3 Å². The van der Waals surface area contributed by atoms with Gasteiger partial charge in [-0.1, -0.05) is 205 Å². The maximum Gasteiger partial charge on any atom is 0.306 e. The zero-order valence-electron chi connectivity index (χ0n) is 44.7. The highest BCUT2D eigenvalue weighted by atomic mass is 16.7. The van der Waals surface area contributed by atoms with Gasteiger partial charge in [-0.3, -0.25) is 4.79 Å². The molecule has 0 amide bonds. The fourth-order valence-electron chi connectivity index (χ4n) is 9.26. The maximum absolute atomic E-state index is 13.1. The maximum atomic E-state index is 13.1. The molecule has 0 saturated carbocycles. The van der Waals surface area contributed by atoms with Gasteiger partial charge in [0, 0.05) is 13.0 Å². The van der Waals surface area contributed by atoms with Gasteiger partial charge in [0.25, 0.3) is 0 Å². The number of hydrogen-bond acceptors (Lipinski definition) is 14. The van der Waals surface area contributed by atoms with Gasteiger partial charge >= 0.3 is 5.97 Å². The Bertz CT molecular complexity index is 1270. The summed E-state index contributed by atoms with van der Waals surface area (Å²) in [7, 11) is 0. The van der Waals surface area contributed by atoms with E-state index in [9.17, 15) is 40.5 Å². The predicted octanol–water partition coefficient (Wildman–Crippen LogP) is 9.97. The van der Waals surface area contributed by atoms with E-state index in [2.05, 4.69) is 38.2 Å². The van der Waals surface area contributed by atoms with Gasteiger partial charge in [-0.15, -0.1) is 0 Å². The number of carbonyl (C=O) groups excluding carboxylic acids is 1. The van der Waals surface area contributed by atoms with Crippen LogP contribution in [0, 0.1) is 0 Å². The average molecular weight is 1020 g/mol. The normalized spacial score (nSPS) is 25.4. The molecule has 0 spiro atoms. The Labute approximate surface area is 430 Å². The summed E-state index contributed by atoms with van der Waals surface area (Å²) in [6, 6.07) is 0. The third-order valence-corrected chi connectivity index (χ3v) is 14.0. The summed E-state index contributed by atoms with van der Waals surface area (Å²) in [5, 5.41) is 72.3. The molecule has 2 aliphatic rings. The van der Waals surface area contributed by atoms with Crippen LogP contribution in [0.3, 0.4) is 0 Å². The lowest BCUT2D eigenvalue weighted by molar-refractivity contribution is -0.332. The van der Waals surface area contributed by atoms with Crippen LogP contribution in [0.5, 0.6) is 0 Å². The Morgan fingerprint density at radius 3 is 1.37 bits per heavy atom. The number of allylic oxidation sites excluding steroid dienone is 4. The number of aliphatic hydroxyl groups is 7. The topological polar surface area (TPSA) is 214 Å². The van der Waals surface area contributed by atoms with E-state index < -0.39 is 80.7 Å². The minimum Gasteiger partial charge on any atom is -0.457 e. The summed E-state index contributed by atoms with van der Waals surface area (Å²) < 4.78 is 34.4. The van der Waals surface area contributed by atoms with Crippen LogP contribution in [0.4, 0.5) is 0 Å². The Morgan fingerprint density at radius 2 is 0.873 bits per heavy atom. The van der Waals surface area contributed by atoms with Gasteiger partial charge < -0.3 is 64.2 Å². The van der Waals surface area contributed by atoms with Crippen molar-refractivity contribution in [2.45, 2.75) is 300 Å². The molecule has 0 aromatic heterocycles. The van der Waals surface area contributed by atoms with Crippen molar-refractivity contribution in [2.75, 3.05) is 33.0 Å². The summed E-state index contributed by atoms with van der Waals surface area (Å²) in [5.41, 5.74) is 0. The van der Waals surface area contributed by atoms with Gasteiger partial charge in [-0.2, -0.15) is 0 Å². The number of hydrogen-bond donors (Lipinski definition) is 7. The van der Waals surface area contributed by atoms with Crippen LogP contribution in [-0.2, 0) is 33.2 Å². The molecule has 0 bridgehead atoms. The molecule has 11 atom stereocenters. The molecule has 11 unspecified atom stereocenters. The molecule has 0 aromatic carbocycles. The Kier molecular flexibility index (Phi) is 41.3. The highest BCUT2D eigenvalue weighted by Crippen LogP contribution is 2.27. The fraction of sp³-hybridized carbons (Fsp3) is 0.912. The van der Waals surface area contributed by atoms with E-state index in [0.717, 1.165) is 51.4 Å². The lowest BCUT2D eigenvalue weighted by Crippen LogP contribution is -2.61. The molecule has 2 fully saturated rings. The van der Waals surface area contributed by atoms with E-state index in [1.807, 2.05) is 0 Å². The zero-order chi connectivity index (χ0) is 51.6. The van der Waals surface area contributed by atoms with Gasteiger partial charge in [0.05, 0.1) is 26.4 Å². The van der Waals surface area contributed by atoms with Crippen molar-refractivity contribution in [1.82, 2.24) is 0 Å². The van der Waals surface area contributed by atoms with Crippen LogP contribution < -0.4 is 0 Å². The van der Waals surface area contributed by atoms with Crippen molar-refractivity contribution in [3.63, 3.8) is 0 Å². The summed E-state index contributed by atoms with van der Waals surface area (Å²) in [5.74, 6) is -0.373. The summed E-state index contributed by atoms with van der Waals surface area (Å²) in [6.45, 7) is 3.70. The number of rotatable bonds is 47. The minimum atomic E-state index is -1.71. The largest absolute Gasteiger partial charge is 0.457 e. The van der Waals surface area contributed by atoms with Gasteiger partial charge in [0.2, 0.25) is 0 Å². The molecule has 2 saturated heterocycles. The lowest BCUT2D eigenvalue weighted by Gasteiger charge is -2.42. The van der Waals surface area contributed by atoms with Gasteiger partial charge in [0.1, 0.15) is 54.9 Å². The molecule has 14 heteroatoms. The first-order valence-corrected chi connectivity index (χ1v) is 28.9. The standard InChI is InChI=1S/C57H106O14/c1-3-5-7-9-11-13-15-17-19-21-23-25-27-29-31-33-35-37-39-41-66-43-46(69-49(59)40-38-36-34-32-30-28-26-24-22-20-18-16-14-12-10-8-6-4-2)44-67-56-55(65)53(63)51(61)48(71-56)45-68-57-54(64)52(62)50(60)47(42-58)70-57/h13,15,19,21,46-48,50-58,60-65H,3-12,14,16-18,20,22-45H2,1-2H3/b15-13-,21-19-. The molecule has 14 nitrogen and oxygen atoms in total.